The summed E-state index contributed by atoms with van der Waals surface area (Å²) in [5.41, 5.74) is 0.337. The summed E-state index contributed by atoms with van der Waals surface area (Å²) in [5, 5.41) is 11.6. The van der Waals surface area contributed by atoms with Gasteiger partial charge in [-0.25, -0.2) is 0 Å². The van der Waals surface area contributed by atoms with Crippen molar-refractivity contribution in [1.82, 2.24) is 4.98 Å². The van der Waals surface area contributed by atoms with Gasteiger partial charge in [0.25, 0.3) is 5.69 Å². The molecule has 23 heavy (non-hydrogen) atoms. The average molecular weight is 320 g/mol. The van der Waals surface area contributed by atoms with Crippen LogP contribution in [-0.4, -0.2) is 9.91 Å². The van der Waals surface area contributed by atoms with Gasteiger partial charge in [-0.1, -0.05) is 18.2 Å². The highest BCUT2D eigenvalue weighted by atomic mass is 19.4. The standard InChI is InChI=1S/C16H11F3N2O2/c1-9-6-10-7-14(20-13(10)8-15(9)21(22)23)11-4-2-3-5-12(11)16(17,18)19/h2-8,20H,1H3. The molecular formula is C16H11F3N2O2. The number of nitrogens with zero attached hydrogens (tertiary/aromatic N) is 1. The summed E-state index contributed by atoms with van der Waals surface area (Å²) in [6, 6.07) is 9.71. The molecule has 4 nitrogen and oxygen atoms in total. The lowest BCUT2D eigenvalue weighted by Crippen LogP contribution is -2.06. The van der Waals surface area contributed by atoms with Crippen molar-refractivity contribution < 1.29 is 18.1 Å². The minimum absolute atomic E-state index is 0.0107. The SMILES string of the molecule is Cc1cc2cc(-c3ccccc3C(F)(F)F)[nH]c2cc1[N+](=O)[O-]. The highest BCUT2D eigenvalue weighted by molar-refractivity contribution is 5.89. The molecule has 0 amide bonds. The molecule has 0 aliphatic heterocycles. The third-order valence-corrected chi connectivity index (χ3v) is 3.66. The molecule has 7 heteroatoms. The Hall–Kier alpha value is -2.83. The van der Waals surface area contributed by atoms with Gasteiger partial charge < -0.3 is 4.98 Å². The first-order valence-corrected chi connectivity index (χ1v) is 6.72. The minimum atomic E-state index is -4.48. The maximum Gasteiger partial charge on any atom is 0.417 e. The zero-order chi connectivity index (χ0) is 16.8. The molecule has 0 unspecified atom stereocenters. The van der Waals surface area contributed by atoms with E-state index in [-0.39, 0.29) is 16.9 Å². The molecule has 0 atom stereocenters. The number of rotatable bonds is 2. The first-order chi connectivity index (χ1) is 10.8. The van der Waals surface area contributed by atoms with Gasteiger partial charge in [-0.2, -0.15) is 13.2 Å². The number of fused-ring (bicyclic) bond motifs is 1. The Kier molecular flexibility index (Phi) is 3.35. The van der Waals surface area contributed by atoms with Gasteiger partial charge in [0.15, 0.2) is 0 Å². The van der Waals surface area contributed by atoms with Gasteiger partial charge in [-0.3, -0.25) is 10.1 Å². The second-order valence-electron chi connectivity index (χ2n) is 5.21. The molecule has 3 rings (SSSR count). The summed E-state index contributed by atoms with van der Waals surface area (Å²) >= 11 is 0. The van der Waals surface area contributed by atoms with E-state index in [0.717, 1.165) is 6.07 Å². The lowest BCUT2D eigenvalue weighted by Gasteiger charge is -2.11. The van der Waals surface area contributed by atoms with Crippen molar-refractivity contribution >= 4 is 16.6 Å². The molecule has 1 aromatic heterocycles. The molecule has 3 aromatic rings. The summed E-state index contributed by atoms with van der Waals surface area (Å²) in [6.07, 6.45) is -4.48. The number of hydrogen-bond donors (Lipinski definition) is 1. The predicted octanol–water partition coefficient (Wildman–Crippen LogP) is 5.07. The molecule has 0 aliphatic rings. The molecule has 0 bridgehead atoms. The topological polar surface area (TPSA) is 58.9 Å². The summed E-state index contributed by atoms with van der Waals surface area (Å²) in [4.78, 5) is 13.3. The number of nitro groups is 1. The minimum Gasteiger partial charge on any atom is -0.354 e. The summed E-state index contributed by atoms with van der Waals surface area (Å²) in [5.74, 6) is 0. The number of nitrogens with one attached hydrogen (secondary N) is 1. The van der Waals surface area contributed by atoms with Crippen molar-refractivity contribution in [2.45, 2.75) is 13.1 Å². The molecule has 1 heterocycles. The predicted molar refractivity (Wildman–Crippen MR) is 80.1 cm³/mol. The number of benzene rings is 2. The number of aromatic nitrogens is 1. The fraction of sp³-hybridized carbons (Fsp3) is 0.125. The second-order valence-corrected chi connectivity index (χ2v) is 5.21. The summed E-state index contributed by atoms with van der Waals surface area (Å²) < 4.78 is 39.4. The van der Waals surface area contributed by atoms with Gasteiger partial charge in [0.2, 0.25) is 0 Å². The van der Waals surface area contributed by atoms with Crippen LogP contribution in [0.15, 0.2) is 42.5 Å². The Morgan fingerprint density at radius 1 is 1.13 bits per heavy atom. The van der Waals surface area contributed by atoms with E-state index >= 15 is 0 Å². The molecule has 0 saturated carbocycles. The van der Waals surface area contributed by atoms with E-state index in [0.29, 0.717) is 16.5 Å². The average Bonchev–Trinajstić information content (AvgIpc) is 2.88. The Morgan fingerprint density at radius 2 is 1.83 bits per heavy atom. The zero-order valence-electron chi connectivity index (χ0n) is 11.9. The van der Waals surface area contributed by atoms with E-state index in [1.807, 2.05) is 0 Å². The molecular weight excluding hydrogens is 309 g/mol. The second kappa shape index (κ2) is 5.12. The van der Waals surface area contributed by atoms with Crippen LogP contribution in [0, 0.1) is 17.0 Å². The van der Waals surface area contributed by atoms with Crippen molar-refractivity contribution in [1.29, 1.82) is 0 Å². The first-order valence-electron chi connectivity index (χ1n) is 6.72. The number of H-pyrrole nitrogens is 1. The molecule has 0 spiro atoms. The lowest BCUT2D eigenvalue weighted by atomic mass is 10.0. The number of alkyl halides is 3. The van der Waals surface area contributed by atoms with Crippen LogP contribution in [0.3, 0.4) is 0 Å². The largest absolute Gasteiger partial charge is 0.417 e. The van der Waals surface area contributed by atoms with Crippen LogP contribution in [0.1, 0.15) is 11.1 Å². The van der Waals surface area contributed by atoms with Gasteiger partial charge >= 0.3 is 6.18 Å². The molecule has 0 fully saturated rings. The van der Waals surface area contributed by atoms with Crippen LogP contribution >= 0.6 is 0 Å². The highest BCUT2D eigenvalue weighted by Crippen LogP contribution is 2.38. The van der Waals surface area contributed by atoms with Crippen LogP contribution in [0.25, 0.3) is 22.2 Å². The normalized spacial score (nSPS) is 11.8. The molecule has 1 N–H and O–H groups in total. The molecule has 2 aromatic carbocycles. The number of aryl methyl sites for hydroxylation is 1. The van der Waals surface area contributed by atoms with Crippen LogP contribution < -0.4 is 0 Å². The summed E-state index contributed by atoms with van der Waals surface area (Å²) in [6.45, 7) is 1.59. The number of aromatic amines is 1. The fourth-order valence-corrected chi connectivity index (χ4v) is 2.59. The highest BCUT2D eigenvalue weighted by Gasteiger charge is 2.33. The van der Waals surface area contributed by atoms with E-state index in [4.69, 9.17) is 0 Å². The number of halogens is 3. The maximum absolute atomic E-state index is 13.1. The molecule has 0 saturated heterocycles. The zero-order valence-corrected chi connectivity index (χ0v) is 11.9. The Morgan fingerprint density at radius 3 is 2.48 bits per heavy atom. The quantitative estimate of drug-likeness (QED) is 0.529. The Labute approximate surface area is 128 Å². The molecule has 0 aliphatic carbocycles. The molecule has 118 valence electrons. The first kappa shape index (κ1) is 15.1. The smallest absolute Gasteiger partial charge is 0.354 e. The van der Waals surface area contributed by atoms with Crippen molar-refractivity contribution in [2.24, 2.45) is 0 Å². The monoisotopic (exact) mass is 320 g/mol. The van der Waals surface area contributed by atoms with Crippen molar-refractivity contribution in [3.05, 3.63) is 63.7 Å². The van der Waals surface area contributed by atoms with Crippen molar-refractivity contribution in [2.75, 3.05) is 0 Å². The van der Waals surface area contributed by atoms with Crippen LogP contribution in [-0.2, 0) is 6.18 Å². The fourth-order valence-electron chi connectivity index (χ4n) is 2.59. The van der Waals surface area contributed by atoms with Crippen LogP contribution in [0.2, 0.25) is 0 Å². The van der Waals surface area contributed by atoms with Gasteiger partial charge in [-0.05, 0) is 25.1 Å². The van der Waals surface area contributed by atoms with Crippen LogP contribution in [0.4, 0.5) is 18.9 Å². The Balaban J connectivity index is 2.21. The van der Waals surface area contributed by atoms with Crippen LogP contribution in [0.5, 0.6) is 0 Å². The van der Waals surface area contributed by atoms with E-state index in [9.17, 15) is 23.3 Å². The molecule has 0 radical (unpaired) electrons. The van der Waals surface area contributed by atoms with Gasteiger partial charge in [-0.15, -0.1) is 0 Å². The van der Waals surface area contributed by atoms with Gasteiger partial charge in [0.05, 0.1) is 16.0 Å². The number of hydrogen-bond acceptors (Lipinski definition) is 2. The van der Waals surface area contributed by atoms with Crippen molar-refractivity contribution in [3.63, 3.8) is 0 Å². The van der Waals surface area contributed by atoms with Crippen molar-refractivity contribution in [3.8, 4) is 11.3 Å². The third kappa shape index (κ3) is 2.65. The third-order valence-electron chi connectivity index (χ3n) is 3.66. The summed E-state index contributed by atoms with van der Waals surface area (Å²) in [7, 11) is 0. The number of nitro benzene ring substituents is 1. The van der Waals surface area contributed by atoms with Gasteiger partial charge in [0.1, 0.15) is 0 Å². The lowest BCUT2D eigenvalue weighted by molar-refractivity contribution is -0.385. The Bertz CT molecular complexity index is 913. The van der Waals surface area contributed by atoms with E-state index in [2.05, 4.69) is 4.98 Å². The van der Waals surface area contributed by atoms with E-state index < -0.39 is 16.7 Å². The van der Waals surface area contributed by atoms with E-state index in [1.54, 1.807) is 19.1 Å². The van der Waals surface area contributed by atoms with E-state index in [1.165, 1.54) is 24.3 Å². The maximum atomic E-state index is 13.1. The van der Waals surface area contributed by atoms with Gasteiger partial charge in [0, 0.05) is 28.3 Å².